The van der Waals surface area contributed by atoms with Gasteiger partial charge in [0.05, 0.1) is 31.9 Å². The molecule has 2 N–H and O–H groups in total. The van der Waals surface area contributed by atoms with Gasteiger partial charge in [-0.1, -0.05) is 0 Å². The number of nitrogens with zero attached hydrogens (tertiary/aromatic N) is 3. The first-order chi connectivity index (χ1) is 10.8. The quantitative estimate of drug-likeness (QED) is 0.602. The Morgan fingerprint density at radius 1 is 1.13 bits per heavy atom. The molecule has 2 saturated heterocycles. The summed E-state index contributed by atoms with van der Waals surface area (Å²) in [5.41, 5.74) is 5.36. The highest BCUT2D eigenvalue weighted by Gasteiger charge is 2.32. The fourth-order valence-corrected chi connectivity index (χ4v) is 3.61. The van der Waals surface area contributed by atoms with E-state index in [0.717, 1.165) is 6.26 Å². The van der Waals surface area contributed by atoms with Crippen LogP contribution in [0.3, 0.4) is 0 Å². The number of rotatable bonds is 4. The molecule has 0 aromatic carbocycles. The van der Waals surface area contributed by atoms with E-state index in [0.29, 0.717) is 26.3 Å². The van der Waals surface area contributed by atoms with Gasteiger partial charge >= 0.3 is 0 Å². The van der Waals surface area contributed by atoms with Crippen molar-refractivity contribution < 1.29 is 22.7 Å². The molecule has 2 fully saturated rings. The molecule has 9 nitrogen and oxygen atoms in total. The lowest BCUT2D eigenvalue weighted by Crippen LogP contribution is -2.47. The van der Waals surface area contributed by atoms with Crippen molar-refractivity contribution in [2.24, 2.45) is 11.7 Å². The van der Waals surface area contributed by atoms with Crippen molar-refractivity contribution in [1.29, 1.82) is 0 Å². The molecule has 0 aliphatic carbocycles. The van der Waals surface area contributed by atoms with Crippen molar-refractivity contribution in [3.05, 3.63) is 0 Å². The molecule has 1 unspecified atom stereocenters. The molecular formula is C13H24N4O5S. The standard InChI is InChI=1S/C13H24N4O5S/c1-23(20,21)17-3-2-16(8-11(9-17)13(14)19)12(18)10-15-4-6-22-7-5-15/h11H,2-10H2,1H3,(H2,14,19). The maximum atomic E-state index is 12.5. The summed E-state index contributed by atoms with van der Waals surface area (Å²) < 4.78 is 30.0. The molecule has 0 radical (unpaired) electrons. The summed E-state index contributed by atoms with van der Waals surface area (Å²) in [6.07, 6.45) is 1.09. The number of nitrogens with two attached hydrogens (primary N) is 1. The van der Waals surface area contributed by atoms with Crippen LogP contribution in [0.2, 0.25) is 0 Å². The van der Waals surface area contributed by atoms with Gasteiger partial charge in [-0.05, 0) is 0 Å². The molecule has 23 heavy (non-hydrogen) atoms. The van der Waals surface area contributed by atoms with Gasteiger partial charge in [-0.15, -0.1) is 0 Å². The van der Waals surface area contributed by atoms with Crippen molar-refractivity contribution in [1.82, 2.24) is 14.1 Å². The van der Waals surface area contributed by atoms with Crippen molar-refractivity contribution in [3.63, 3.8) is 0 Å². The maximum absolute atomic E-state index is 12.5. The SMILES string of the molecule is CS(=O)(=O)N1CCN(C(=O)CN2CCOCC2)CC(C(N)=O)C1. The van der Waals surface area contributed by atoms with Gasteiger partial charge in [0.15, 0.2) is 0 Å². The molecular weight excluding hydrogens is 324 g/mol. The van der Waals surface area contributed by atoms with Gasteiger partial charge in [0, 0.05) is 39.3 Å². The van der Waals surface area contributed by atoms with E-state index in [9.17, 15) is 18.0 Å². The van der Waals surface area contributed by atoms with E-state index in [1.54, 1.807) is 0 Å². The van der Waals surface area contributed by atoms with Crippen LogP contribution in [-0.2, 0) is 24.3 Å². The predicted octanol–water partition coefficient (Wildman–Crippen LogP) is -2.48. The van der Waals surface area contributed by atoms with E-state index in [-0.39, 0.29) is 38.6 Å². The molecule has 2 amide bonds. The van der Waals surface area contributed by atoms with E-state index < -0.39 is 21.8 Å². The van der Waals surface area contributed by atoms with Crippen LogP contribution in [0.15, 0.2) is 0 Å². The third kappa shape index (κ3) is 5.13. The number of amides is 2. The smallest absolute Gasteiger partial charge is 0.236 e. The summed E-state index contributed by atoms with van der Waals surface area (Å²) in [5.74, 6) is -1.40. The Hall–Kier alpha value is -1.23. The van der Waals surface area contributed by atoms with Crippen LogP contribution in [0.4, 0.5) is 0 Å². The molecule has 0 saturated carbocycles. The summed E-state index contributed by atoms with van der Waals surface area (Å²) in [7, 11) is -3.43. The molecule has 1 atom stereocenters. The molecule has 0 bridgehead atoms. The van der Waals surface area contributed by atoms with Gasteiger partial charge in [0.2, 0.25) is 21.8 Å². The molecule has 10 heteroatoms. The number of morpholine rings is 1. The highest BCUT2D eigenvalue weighted by molar-refractivity contribution is 7.88. The Kier molecular flexibility index (Phi) is 5.95. The largest absolute Gasteiger partial charge is 0.379 e. The fourth-order valence-electron chi connectivity index (χ4n) is 2.74. The molecule has 0 aromatic rings. The summed E-state index contributed by atoms with van der Waals surface area (Å²) in [5, 5.41) is 0. The first-order valence-electron chi connectivity index (χ1n) is 7.59. The predicted molar refractivity (Wildman–Crippen MR) is 82.9 cm³/mol. The molecule has 2 aliphatic heterocycles. The number of sulfonamides is 1. The number of ether oxygens (including phenoxy) is 1. The van der Waals surface area contributed by atoms with Crippen molar-refractivity contribution in [2.75, 3.05) is 65.3 Å². The molecule has 0 aromatic heterocycles. The van der Waals surface area contributed by atoms with Crippen LogP contribution in [0.1, 0.15) is 0 Å². The van der Waals surface area contributed by atoms with Crippen LogP contribution < -0.4 is 5.73 Å². The van der Waals surface area contributed by atoms with Crippen molar-refractivity contribution >= 4 is 21.8 Å². The fraction of sp³-hybridized carbons (Fsp3) is 0.846. The van der Waals surface area contributed by atoms with E-state index in [4.69, 9.17) is 10.5 Å². The molecule has 0 spiro atoms. The lowest BCUT2D eigenvalue weighted by molar-refractivity contribution is -0.134. The third-order valence-corrected chi connectivity index (χ3v) is 5.44. The Bertz CT molecular complexity index is 547. The Morgan fingerprint density at radius 3 is 2.35 bits per heavy atom. The molecule has 2 heterocycles. The molecule has 2 rings (SSSR count). The van der Waals surface area contributed by atoms with Gasteiger partial charge in [-0.3, -0.25) is 14.5 Å². The van der Waals surface area contributed by atoms with E-state index >= 15 is 0 Å². The van der Waals surface area contributed by atoms with Gasteiger partial charge < -0.3 is 15.4 Å². The van der Waals surface area contributed by atoms with E-state index in [1.807, 2.05) is 4.90 Å². The number of hydrogen-bond acceptors (Lipinski definition) is 6. The Morgan fingerprint density at radius 2 is 1.78 bits per heavy atom. The normalized spacial score (nSPS) is 25.1. The first-order valence-corrected chi connectivity index (χ1v) is 9.44. The topological polar surface area (TPSA) is 113 Å². The van der Waals surface area contributed by atoms with Crippen LogP contribution in [-0.4, -0.2) is 99.6 Å². The van der Waals surface area contributed by atoms with Crippen LogP contribution in [0.25, 0.3) is 0 Å². The van der Waals surface area contributed by atoms with Crippen LogP contribution in [0.5, 0.6) is 0 Å². The summed E-state index contributed by atoms with van der Waals surface area (Å²) in [6.45, 7) is 3.44. The highest BCUT2D eigenvalue weighted by atomic mass is 32.2. The van der Waals surface area contributed by atoms with Crippen molar-refractivity contribution in [3.8, 4) is 0 Å². The number of hydrogen-bond donors (Lipinski definition) is 1. The second-order valence-electron chi connectivity index (χ2n) is 5.95. The Labute approximate surface area is 136 Å². The monoisotopic (exact) mass is 348 g/mol. The highest BCUT2D eigenvalue weighted by Crippen LogP contribution is 2.13. The minimum Gasteiger partial charge on any atom is -0.379 e. The molecule has 2 aliphatic rings. The summed E-state index contributed by atoms with van der Waals surface area (Å²) in [6, 6.07) is 0. The average molecular weight is 348 g/mol. The van der Waals surface area contributed by atoms with E-state index in [2.05, 4.69) is 0 Å². The van der Waals surface area contributed by atoms with Gasteiger partial charge in [0.25, 0.3) is 0 Å². The zero-order valence-electron chi connectivity index (χ0n) is 13.3. The molecule has 132 valence electrons. The van der Waals surface area contributed by atoms with E-state index in [1.165, 1.54) is 9.21 Å². The van der Waals surface area contributed by atoms with Crippen LogP contribution >= 0.6 is 0 Å². The number of primary amides is 1. The van der Waals surface area contributed by atoms with Gasteiger partial charge in [-0.2, -0.15) is 4.31 Å². The number of carbonyl (C=O) groups excluding carboxylic acids is 2. The minimum absolute atomic E-state index is 0.0233. The van der Waals surface area contributed by atoms with Crippen molar-refractivity contribution in [2.45, 2.75) is 0 Å². The minimum atomic E-state index is -3.43. The third-order valence-electron chi connectivity index (χ3n) is 4.17. The summed E-state index contributed by atoms with van der Waals surface area (Å²) in [4.78, 5) is 27.6. The lowest BCUT2D eigenvalue weighted by atomic mass is 10.1. The lowest BCUT2D eigenvalue weighted by Gasteiger charge is -2.29. The zero-order chi connectivity index (χ0) is 17.0. The second kappa shape index (κ2) is 7.56. The Balaban J connectivity index is 2.03. The number of carbonyl (C=O) groups is 2. The van der Waals surface area contributed by atoms with Crippen LogP contribution in [0, 0.1) is 5.92 Å². The summed E-state index contributed by atoms with van der Waals surface area (Å²) >= 11 is 0. The zero-order valence-corrected chi connectivity index (χ0v) is 14.1. The van der Waals surface area contributed by atoms with Gasteiger partial charge in [0.1, 0.15) is 0 Å². The second-order valence-corrected chi connectivity index (χ2v) is 7.93. The van der Waals surface area contributed by atoms with Gasteiger partial charge in [-0.25, -0.2) is 8.42 Å². The average Bonchev–Trinajstić information content (AvgIpc) is 2.71. The first kappa shape index (κ1) is 18.1. The maximum Gasteiger partial charge on any atom is 0.236 e.